The van der Waals surface area contributed by atoms with E-state index in [9.17, 15) is 0 Å². The Morgan fingerprint density at radius 3 is 1.83 bits per heavy atom. The van der Waals surface area contributed by atoms with E-state index in [4.69, 9.17) is 0 Å². The monoisotopic (exact) mass is 201 g/mol. The van der Waals surface area contributed by atoms with Gasteiger partial charge < -0.3 is 5.32 Å². The molecule has 0 spiro atoms. The maximum absolute atomic E-state index is 3.55. The van der Waals surface area contributed by atoms with Crippen LogP contribution in [0.3, 0.4) is 0 Å². The highest BCUT2D eigenvalue weighted by Gasteiger charge is 2.56. The van der Waals surface area contributed by atoms with Crippen LogP contribution in [0.25, 0.3) is 0 Å². The van der Waals surface area contributed by atoms with Gasteiger partial charge in [-0.25, -0.2) is 0 Å². The van der Waals surface area contributed by atoms with Gasteiger partial charge in [-0.2, -0.15) is 0 Å². The molecule has 1 aliphatic heterocycles. The van der Waals surface area contributed by atoms with E-state index >= 15 is 0 Å². The molecule has 0 aromatic heterocycles. The molecule has 3 heteroatoms. The number of rotatable bonds is 0. The standard InChI is InChI=1S/C9H17NP2/c11-8-4-1-5(9(8)12)7-3-10-2-6(4)7/h4-10H,1-3,11-12H2. The summed E-state index contributed by atoms with van der Waals surface area (Å²) in [5.74, 6) is 4.08. The first kappa shape index (κ1) is 8.16. The lowest BCUT2D eigenvalue weighted by Gasteiger charge is -2.33. The predicted molar refractivity (Wildman–Crippen MR) is 58.4 cm³/mol. The van der Waals surface area contributed by atoms with E-state index in [0.717, 1.165) is 35.0 Å². The summed E-state index contributed by atoms with van der Waals surface area (Å²) < 4.78 is 0. The molecule has 2 aliphatic carbocycles. The second-order valence-electron chi connectivity index (χ2n) is 4.70. The topological polar surface area (TPSA) is 12.0 Å². The molecule has 12 heavy (non-hydrogen) atoms. The second kappa shape index (κ2) is 2.66. The van der Waals surface area contributed by atoms with Crippen LogP contribution < -0.4 is 5.32 Å². The van der Waals surface area contributed by atoms with Crippen molar-refractivity contribution < 1.29 is 0 Å². The van der Waals surface area contributed by atoms with Gasteiger partial charge in [0.2, 0.25) is 0 Å². The van der Waals surface area contributed by atoms with Crippen molar-refractivity contribution in [2.24, 2.45) is 23.7 Å². The maximum Gasteiger partial charge on any atom is -0.00143 e. The van der Waals surface area contributed by atoms with Crippen LogP contribution in [0.2, 0.25) is 0 Å². The zero-order valence-corrected chi connectivity index (χ0v) is 9.55. The van der Waals surface area contributed by atoms with E-state index in [1.165, 1.54) is 19.5 Å². The second-order valence-corrected chi connectivity index (χ2v) is 6.24. The molecule has 2 saturated carbocycles. The number of hydrogen-bond donors (Lipinski definition) is 1. The fourth-order valence-electron chi connectivity index (χ4n) is 3.78. The summed E-state index contributed by atoms with van der Waals surface area (Å²) in [4.78, 5) is 0. The molecule has 1 saturated heterocycles. The minimum absolute atomic E-state index is 0.890. The molecule has 0 amide bonds. The Hall–Kier alpha value is 0.820. The number of hydrogen-bond acceptors (Lipinski definition) is 1. The van der Waals surface area contributed by atoms with Crippen LogP contribution in [0.4, 0.5) is 0 Å². The molecule has 8 atom stereocenters. The molecule has 3 fully saturated rings. The molecule has 1 N–H and O–H groups in total. The Kier molecular flexibility index (Phi) is 1.81. The highest BCUT2D eigenvalue weighted by molar-refractivity contribution is 7.23. The van der Waals surface area contributed by atoms with Crippen molar-refractivity contribution >= 4 is 18.5 Å². The Bertz CT molecular complexity index is 189. The molecule has 0 aromatic carbocycles. The SMILES string of the molecule is PC1C(P)C2CC1C1CNCC21. The molecule has 8 unspecified atom stereocenters. The van der Waals surface area contributed by atoms with Crippen LogP contribution >= 0.6 is 18.5 Å². The zero-order valence-electron chi connectivity index (χ0n) is 7.24. The van der Waals surface area contributed by atoms with Crippen LogP contribution in [-0.2, 0) is 0 Å². The predicted octanol–water partition coefficient (Wildman–Crippen LogP) is 0.959. The highest BCUT2D eigenvalue weighted by atomic mass is 31.0. The van der Waals surface area contributed by atoms with E-state index in [1.807, 2.05) is 0 Å². The fraction of sp³-hybridized carbons (Fsp3) is 1.00. The lowest BCUT2D eigenvalue weighted by molar-refractivity contribution is 0.294. The van der Waals surface area contributed by atoms with Gasteiger partial charge in [0.25, 0.3) is 0 Å². The van der Waals surface area contributed by atoms with Crippen molar-refractivity contribution in [2.45, 2.75) is 17.7 Å². The minimum Gasteiger partial charge on any atom is -0.316 e. The van der Waals surface area contributed by atoms with E-state index in [-0.39, 0.29) is 0 Å². The summed E-state index contributed by atoms with van der Waals surface area (Å²) in [6, 6.07) is 0. The Balaban J connectivity index is 1.92. The lowest BCUT2D eigenvalue weighted by Crippen LogP contribution is -2.34. The van der Waals surface area contributed by atoms with E-state index in [0.29, 0.717) is 0 Å². The summed E-state index contributed by atoms with van der Waals surface area (Å²) in [7, 11) is 6.15. The number of nitrogens with one attached hydrogen (secondary N) is 1. The minimum atomic E-state index is 0.890. The van der Waals surface area contributed by atoms with E-state index in [2.05, 4.69) is 23.8 Å². The third-order valence-electron chi connectivity index (χ3n) is 4.39. The third kappa shape index (κ3) is 0.861. The van der Waals surface area contributed by atoms with Crippen molar-refractivity contribution in [1.82, 2.24) is 5.32 Å². The van der Waals surface area contributed by atoms with E-state index < -0.39 is 0 Å². The molecule has 1 nitrogen and oxygen atoms in total. The van der Waals surface area contributed by atoms with Gasteiger partial charge in [-0.05, 0) is 54.5 Å². The van der Waals surface area contributed by atoms with Crippen LogP contribution in [0.5, 0.6) is 0 Å². The average molecular weight is 201 g/mol. The smallest absolute Gasteiger partial charge is 0.00143 e. The molecule has 68 valence electrons. The van der Waals surface area contributed by atoms with Gasteiger partial charge in [-0.15, -0.1) is 18.5 Å². The summed E-state index contributed by atoms with van der Waals surface area (Å²) in [5, 5.41) is 3.55. The number of fused-ring (bicyclic) bond motifs is 5. The maximum atomic E-state index is 3.55. The highest BCUT2D eigenvalue weighted by Crippen LogP contribution is 2.58. The molecule has 0 radical (unpaired) electrons. The van der Waals surface area contributed by atoms with Crippen LogP contribution in [0.15, 0.2) is 0 Å². The largest absolute Gasteiger partial charge is 0.316 e. The fourth-order valence-corrected chi connectivity index (χ4v) is 5.23. The van der Waals surface area contributed by atoms with Gasteiger partial charge in [0.05, 0.1) is 0 Å². The first-order chi connectivity index (χ1) is 5.79. The van der Waals surface area contributed by atoms with Gasteiger partial charge in [-0.3, -0.25) is 0 Å². The quantitative estimate of drug-likeness (QED) is 0.575. The molecule has 3 aliphatic rings. The Morgan fingerprint density at radius 1 is 0.833 bits per heavy atom. The van der Waals surface area contributed by atoms with Crippen LogP contribution in [0.1, 0.15) is 6.42 Å². The van der Waals surface area contributed by atoms with Crippen LogP contribution in [0, 0.1) is 23.7 Å². The van der Waals surface area contributed by atoms with Gasteiger partial charge >= 0.3 is 0 Å². The first-order valence-corrected chi connectivity index (χ1v) is 6.34. The van der Waals surface area contributed by atoms with Gasteiger partial charge in [0, 0.05) is 0 Å². The zero-order chi connectivity index (χ0) is 8.29. The lowest BCUT2D eigenvalue weighted by atomic mass is 9.81. The molecule has 3 rings (SSSR count). The van der Waals surface area contributed by atoms with Gasteiger partial charge in [0.1, 0.15) is 0 Å². The van der Waals surface area contributed by atoms with Crippen molar-refractivity contribution in [1.29, 1.82) is 0 Å². The molecular formula is C9H17NP2. The molecule has 1 heterocycles. The Morgan fingerprint density at radius 2 is 1.33 bits per heavy atom. The van der Waals surface area contributed by atoms with Crippen molar-refractivity contribution in [3.63, 3.8) is 0 Å². The van der Waals surface area contributed by atoms with Crippen molar-refractivity contribution in [2.75, 3.05) is 13.1 Å². The van der Waals surface area contributed by atoms with Crippen molar-refractivity contribution in [3.8, 4) is 0 Å². The molecular weight excluding hydrogens is 184 g/mol. The normalized spacial score (nSPS) is 62.5. The summed E-state index contributed by atoms with van der Waals surface area (Å²) in [5.41, 5.74) is 1.78. The van der Waals surface area contributed by atoms with Gasteiger partial charge in [0.15, 0.2) is 0 Å². The summed E-state index contributed by atoms with van der Waals surface area (Å²) in [6.07, 6.45) is 1.51. The van der Waals surface area contributed by atoms with Crippen molar-refractivity contribution in [3.05, 3.63) is 0 Å². The molecule has 2 bridgehead atoms. The van der Waals surface area contributed by atoms with Gasteiger partial charge in [-0.1, -0.05) is 0 Å². The summed E-state index contributed by atoms with van der Waals surface area (Å²) >= 11 is 0. The first-order valence-electron chi connectivity index (χ1n) is 5.01. The summed E-state index contributed by atoms with van der Waals surface area (Å²) in [6.45, 7) is 2.60. The Labute approximate surface area is 78.9 Å². The van der Waals surface area contributed by atoms with E-state index in [1.54, 1.807) is 0 Å². The average Bonchev–Trinajstić information content (AvgIpc) is 2.63. The molecule has 0 aromatic rings. The van der Waals surface area contributed by atoms with Crippen LogP contribution in [-0.4, -0.2) is 24.4 Å². The third-order valence-corrected chi connectivity index (χ3v) is 6.71.